The molecule has 1 heterocycles. The van der Waals surface area contributed by atoms with Crippen LogP contribution in [0, 0.1) is 20.8 Å². The molecule has 68 heavy (non-hydrogen) atoms. The maximum Gasteiger partial charge on any atom is 0.326 e. The number of imidazole rings is 1. The minimum Gasteiger partial charge on any atom is -0.508 e. The number of carboxylic acid groups (broad SMARTS) is 1. The van der Waals surface area contributed by atoms with Crippen LogP contribution in [-0.4, -0.2) is 80.1 Å². The molecule has 1 aromatic heterocycles. The van der Waals surface area contributed by atoms with Gasteiger partial charge in [0.2, 0.25) is 23.6 Å². The number of aromatic nitrogens is 2. The maximum atomic E-state index is 14.4. The van der Waals surface area contributed by atoms with Crippen molar-refractivity contribution >= 4 is 29.6 Å². The monoisotopic (exact) mass is 928 g/mol. The summed E-state index contributed by atoms with van der Waals surface area (Å²) in [4.78, 5) is 72.2. The molecule has 14 nitrogen and oxygen atoms in total. The van der Waals surface area contributed by atoms with Crippen LogP contribution in [0.1, 0.15) is 115 Å². The Hall–Kier alpha value is -6.80. The van der Waals surface area contributed by atoms with Crippen molar-refractivity contribution in [2.24, 2.45) is 5.73 Å². The Morgan fingerprint density at radius 2 is 1.26 bits per heavy atom. The number of aromatic hydroxyl groups is 1. The summed E-state index contributed by atoms with van der Waals surface area (Å²) in [5, 5.41) is 31.7. The summed E-state index contributed by atoms with van der Waals surface area (Å²) in [6, 6.07) is 25.5. The van der Waals surface area contributed by atoms with Gasteiger partial charge in [-0.2, -0.15) is 0 Å². The van der Waals surface area contributed by atoms with Crippen molar-refractivity contribution in [3.05, 3.63) is 154 Å². The molecular formula is C54H69N7O7. The normalized spacial score (nSPS) is 13.0. The van der Waals surface area contributed by atoms with Crippen LogP contribution in [0.5, 0.6) is 5.75 Å². The Bertz CT molecular complexity index is 2340. The highest BCUT2D eigenvalue weighted by atomic mass is 16.4. The summed E-state index contributed by atoms with van der Waals surface area (Å²) in [5.41, 5.74) is 12.9. The zero-order chi connectivity index (χ0) is 49.0. The van der Waals surface area contributed by atoms with E-state index in [1.165, 1.54) is 12.1 Å². The zero-order valence-corrected chi connectivity index (χ0v) is 39.9. The minimum atomic E-state index is -1.36. The van der Waals surface area contributed by atoms with Crippen LogP contribution < -0.4 is 27.0 Å². The number of hydrogen-bond donors (Lipinski definition) is 7. The molecule has 4 unspecified atom stereocenters. The third-order valence-electron chi connectivity index (χ3n) is 12.2. The van der Waals surface area contributed by atoms with Crippen molar-refractivity contribution in [1.29, 1.82) is 0 Å². The van der Waals surface area contributed by atoms with Gasteiger partial charge in [-0.1, -0.05) is 123 Å². The van der Waals surface area contributed by atoms with Crippen LogP contribution in [0.25, 0.3) is 0 Å². The SMILES string of the molecule is CCCCCCCC(=O)NCCCCC(NC(=O)C(N)Cc1cn(C(c2ccccc2)c2ccccc2)cn1)C(=O)NC(Cc1ccc(C)cc1)C(=O)NC(Cc1c(C)cc(O)cc1C)C(=O)O. The summed E-state index contributed by atoms with van der Waals surface area (Å²) in [5.74, 6) is -3.22. The van der Waals surface area contributed by atoms with Crippen molar-refractivity contribution in [3.8, 4) is 5.75 Å². The summed E-state index contributed by atoms with van der Waals surface area (Å²) >= 11 is 0. The predicted molar refractivity (Wildman–Crippen MR) is 264 cm³/mol. The first-order chi connectivity index (χ1) is 32.7. The van der Waals surface area contributed by atoms with Gasteiger partial charge in [0.05, 0.1) is 24.1 Å². The molecule has 0 spiro atoms. The lowest BCUT2D eigenvalue weighted by Crippen LogP contribution is -2.58. The number of carboxylic acids is 1. The number of nitrogens with two attached hydrogens (primary N) is 1. The van der Waals surface area contributed by atoms with Crippen molar-refractivity contribution in [1.82, 2.24) is 30.8 Å². The molecule has 0 radical (unpaired) electrons. The number of benzene rings is 4. The number of nitrogens with zero attached hydrogens (tertiary/aromatic N) is 2. The van der Waals surface area contributed by atoms with Gasteiger partial charge in [-0.25, -0.2) is 9.78 Å². The van der Waals surface area contributed by atoms with E-state index in [-0.39, 0.29) is 43.4 Å². The standard InChI is InChI=1S/C54H69N7O7/c1-5-6-7-8-15-23-49(63)56-28-17-16-22-46(58-51(64)45(55)32-42-34-61(35-57-42)50(40-18-11-9-12-19-40)41-20-13-10-14-21-41)52(65)59-47(31-39-26-24-36(2)25-27-39)53(66)60-48(54(67)68)33-44-37(3)29-43(62)30-38(44)4/h9-14,18-21,24-27,29-30,34-35,45-48,50,62H,5-8,15-17,22-23,28,31-33,55H2,1-4H3,(H,56,63)(H,58,64)(H,59,65)(H,60,66)(H,67,68). The van der Waals surface area contributed by atoms with E-state index in [9.17, 15) is 34.2 Å². The fourth-order valence-electron chi connectivity index (χ4n) is 8.39. The second-order valence-electron chi connectivity index (χ2n) is 17.8. The maximum absolute atomic E-state index is 14.4. The molecule has 362 valence electrons. The lowest BCUT2D eigenvalue weighted by molar-refractivity contribution is -0.142. The van der Waals surface area contributed by atoms with Gasteiger partial charge >= 0.3 is 5.97 Å². The number of unbranched alkanes of at least 4 members (excludes halogenated alkanes) is 5. The van der Waals surface area contributed by atoms with Crippen LogP contribution in [0.15, 0.2) is 110 Å². The fourth-order valence-corrected chi connectivity index (χ4v) is 8.39. The summed E-state index contributed by atoms with van der Waals surface area (Å²) in [6.07, 6.45) is 10.4. The Balaban J connectivity index is 1.32. The lowest BCUT2D eigenvalue weighted by atomic mass is 9.95. The molecule has 4 aromatic carbocycles. The van der Waals surface area contributed by atoms with Crippen LogP contribution in [0.4, 0.5) is 0 Å². The second-order valence-corrected chi connectivity index (χ2v) is 17.8. The molecule has 4 atom stereocenters. The predicted octanol–water partition coefficient (Wildman–Crippen LogP) is 6.69. The average molecular weight is 928 g/mol. The number of hydrogen-bond acceptors (Lipinski definition) is 8. The lowest BCUT2D eigenvalue weighted by Gasteiger charge is -2.26. The highest BCUT2D eigenvalue weighted by molar-refractivity contribution is 5.94. The van der Waals surface area contributed by atoms with Gasteiger partial charge in [0.25, 0.3) is 0 Å². The summed E-state index contributed by atoms with van der Waals surface area (Å²) in [6.45, 7) is 7.98. The molecule has 0 aliphatic carbocycles. The van der Waals surface area contributed by atoms with Crippen molar-refractivity contribution in [2.75, 3.05) is 6.54 Å². The highest BCUT2D eigenvalue weighted by Crippen LogP contribution is 2.27. The first-order valence-electron chi connectivity index (χ1n) is 23.8. The summed E-state index contributed by atoms with van der Waals surface area (Å²) < 4.78 is 1.98. The van der Waals surface area contributed by atoms with E-state index in [0.29, 0.717) is 48.2 Å². The number of phenols is 1. The number of phenolic OH excluding ortho intramolecular Hbond substituents is 1. The number of rotatable bonds is 27. The van der Waals surface area contributed by atoms with E-state index >= 15 is 0 Å². The molecule has 14 heteroatoms. The van der Waals surface area contributed by atoms with E-state index in [2.05, 4.69) is 33.2 Å². The second kappa shape index (κ2) is 26.5. The van der Waals surface area contributed by atoms with Gasteiger partial charge in [-0.3, -0.25) is 19.2 Å². The first kappa shape index (κ1) is 52.2. The van der Waals surface area contributed by atoms with Gasteiger partial charge in [0.1, 0.15) is 23.9 Å². The third kappa shape index (κ3) is 16.2. The van der Waals surface area contributed by atoms with E-state index in [1.54, 1.807) is 20.2 Å². The molecule has 0 fully saturated rings. The third-order valence-corrected chi connectivity index (χ3v) is 12.2. The van der Waals surface area contributed by atoms with E-state index in [4.69, 9.17) is 5.73 Å². The smallest absolute Gasteiger partial charge is 0.326 e. The Kier molecular flexibility index (Phi) is 20.3. The van der Waals surface area contributed by atoms with Crippen molar-refractivity contribution < 1.29 is 34.2 Å². The summed E-state index contributed by atoms with van der Waals surface area (Å²) in [7, 11) is 0. The number of amides is 4. The largest absolute Gasteiger partial charge is 0.508 e. The topological polar surface area (TPSA) is 218 Å². The molecule has 0 aliphatic heterocycles. The molecule has 0 bridgehead atoms. The van der Waals surface area contributed by atoms with E-state index in [1.807, 2.05) is 103 Å². The van der Waals surface area contributed by atoms with Crippen molar-refractivity contribution in [3.63, 3.8) is 0 Å². The molecular weight excluding hydrogens is 859 g/mol. The molecule has 0 saturated heterocycles. The zero-order valence-electron chi connectivity index (χ0n) is 39.9. The van der Waals surface area contributed by atoms with Crippen LogP contribution in [-0.2, 0) is 43.2 Å². The first-order valence-corrected chi connectivity index (χ1v) is 23.8. The molecule has 8 N–H and O–H groups in total. The van der Waals surface area contributed by atoms with Gasteiger partial charge in [-0.15, -0.1) is 0 Å². The highest BCUT2D eigenvalue weighted by Gasteiger charge is 2.31. The molecule has 5 aromatic rings. The molecule has 5 rings (SSSR count). The van der Waals surface area contributed by atoms with Crippen LogP contribution in [0.2, 0.25) is 0 Å². The molecule has 0 saturated carbocycles. The quantitative estimate of drug-likeness (QED) is 0.0279. The Morgan fingerprint density at radius 3 is 1.88 bits per heavy atom. The van der Waals surface area contributed by atoms with E-state index < -0.39 is 47.9 Å². The molecule has 4 amide bonds. The fraction of sp³-hybridized carbons (Fsp3) is 0.407. The number of aryl methyl sites for hydroxylation is 3. The Morgan fingerprint density at radius 1 is 0.676 bits per heavy atom. The number of aliphatic carboxylic acids is 1. The van der Waals surface area contributed by atoms with Gasteiger partial charge in [-0.05, 0) is 92.0 Å². The van der Waals surface area contributed by atoms with Crippen LogP contribution >= 0.6 is 0 Å². The van der Waals surface area contributed by atoms with Gasteiger partial charge in [0, 0.05) is 38.4 Å². The molecule has 0 aliphatic rings. The number of nitrogens with one attached hydrogen (secondary N) is 4. The Labute approximate surface area is 400 Å². The van der Waals surface area contributed by atoms with Crippen molar-refractivity contribution in [2.45, 2.75) is 135 Å². The minimum absolute atomic E-state index is 0.0295. The van der Waals surface area contributed by atoms with Gasteiger partial charge in [0.15, 0.2) is 0 Å². The average Bonchev–Trinajstić information content (AvgIpc) is 3.77. The van der Waals surface area contributed by atoms with Gasteiger partial charge < -0.3 is 41.8 Å². The number of carbonyl (C=O) groups excluding carboxylic acids is 4. The van der Waals surface area contributed by atoms with E-state index in [0.717, 1.165) is 54.4 Å². The number of carbonyl (C=O) groups is 5. The van der Waals surface area contributed by atoms with Crippen LogP contribution in [0.3, 0.4) is 0 Å².